The lowest BCUT2D eigenvalue weighted by molar-refractivity contribution is -0.142. The Morgan fingerprint density at radius 1 is 0.828 bits per heavy atom. The molecule has 0 heterocycles. The second-order valence-corrected chi connectivity index (χ2v) is 7.05. The summed E-state index contributed by atoms with van der Waals surface area (Å²) in [6, 6.07) is -3.36. The molecule has 0 fully saturated rings. The van der Waals surface area contributed by atoms with Gasteiger partial charge in [-0.15, -0.1) is 0 Å². The number of carboxylic acid groups (broad SMARTS) is 2. The molecule has 0 radical (unpaired) electrons. The summed E-state index contributed by atoms with van der Waals surface area (Å²) in [5.41, 5.74) is 5.90. The van der Waals surface area contributed by atoms with Crippen LogP contribution >= 0.6 is 0 Å². The molecule has 3 amide bonds. The van der Waals surface area contributed by atoms with E-state index in [4.69, 9.17) is 15.9 Å². The summed E-state index contributed by atoms with van der Waals surface area (Å²) < 4.78 is 0. The van der Waals surface area contributed by atoms with Crippen LogP contribution in [0.3, 0.4) is 0 Å². The zero-order valence-electron chi connectivity index (χ0n) is 17.2. The van der Waals surface area contributed by atoms with E-state index in [0.717, 1.165) is 0 Å². The number of nitrogens with two attached hydrogens (primary N) is 1. The van der Waals surface area contributed by atoms with E-state index in [9.17, 15) is 24.0 Å². The van der Waals surface area contributed by atoms with Gasteiger partial charge in [-0.05, 0) is 11.8 Å². The molecule has 0 rings (SSSR count). The third-order valence-corrected chi connectivity index (χ3v) is 4.78. The lowest BCUT2D eigenvalue weighted by atomic mass is 9.95. The smallest absolute Gasteiger partial charge is 0.322 e. The fourth-order valence-corrected chi connectivity index (χ4v) is 2.40. The molecule has 11 nitrogen and oxygen atoms in total. The SMILES string of the molecule is CCC(C)C(N)C(=O)NC(C(=O)NC(CC(=O)O)C(=O)NCC(=O)O)C(C)CC. The highest BCUT2D eigenvalue weighted by Crippen LogP contribution is 2.11. The quantitative estimate of drug-likeness (QED) is 0.221. The summed E-state index contributed by atoms with van der Waals surface area (Å²) in [5.74, 6) is -5.33. The molecule has 0 aliphatic carbocycles. The van der Waals surface area contributed by atoms with E-state index < -0.39 is 60.8 Å². The van der Waals surface area contributed by atoms with Gasteiger partial charge in [-0.3, -0.25) is 24.0 Å². The van der Waals surface area contributed by atoms with E-state index in [1.54, 1.807) is 20.8 Å². The van der Waals surface area contributed by atoms with E-state index in [1.807, 2.05) is 12.2 Å². The van der Waals surface area contributed by atoms with Crippen molar-refractivity contribution in [3.63, 3.8) is 0 Å². The van der Waals surface area contributed by atoms with Crippen molar-refractivity contribution >= 4 is 29.7 Å². The number of carbonyl (C=O) groups excluding carboxylic acids is 3. The summed E-state index contributed by atoms with van der Waals surface area (Å²) in [7, 11) is 0. The van der Waals surface area contributed by atoms with Crippen molar-refractivity contribution in [3.8, 4) is 0 Å². The van der Waals surface area contributed by atoms with Gasteiger partial charge in [-0.1, -0.05) is 40.5 Å². The van der Waals surface area contributed by atoms with Crippen molar-refractivity contribution in [1.29, 1.82) is 0 Å². The number of aliphatic carboxylic acids is 2. The first kappa shape index (κ1) is 26.3. The highest BCUT2D eigenvalue weighted by atomic mass is 16.4. The molecule has 166 valence electrons. The highest BCUT2D eigenvalue weighted by molar-refractivity contribution is 5.95. The van der Waals surface area contributed by atoms with E-state index in [2.05, 4.69) is 10.6 Å². The van der Waals surface area contributed by atoms with Crippen molar-refractivity contribution in [2.24, 2.45) is 17.6 Å². The molecule has 0 saturated heterocycles. The first-order chi connectivity index (χ1) is 13.4. The Morgan fingerprint density at radius 2 is 1.38 bits per heavy atom. The number of carboxylic acids is 2. The predicted octanol–water partition coefficient (Wildman–Crippen LogP) is -0.949. The molecule has 0 aromatic heterocycles. The Bertz CT molecular complexity index is 611. The van der Waals surface area contributed by atoms with Gasteiger partial charge in [0.25, 0.3) is 0 Å². The number of rotatable bonds is 13. The van der Waals surface area contributed by atoms with Gasteiger partial charge in [0.15, 0.2) is 0 Å². The van der Waals surface area contributed by atoms with Crippen LogP contribution in [0.1, 0.15) is 47.0 Å². The Hall–Kier alpha value is -2.69. The molecule has 5 unspecified atom stereocenters. The van der Waals surface area contributed by atoms with Crippen LogP contribution in [0, 0.1) is 11.8 Å². The molecule has 0 spiro atoms. The third kappa shape index (κ3) is 9.37. The van der Waals surface area contributed by atoms with Gasteiger partial charge < -0.3 is 31.9 Å². The third-order valence-electron chi connectivity index (χ3n) is 4.78. The minimum Gasteiger partial charge on any atom is -0.481 e. The maximum atomic E-state index is 12.7. The molecule has 7 N–H and O–H groups in total. The summed E-state index contributed by atoms with van der Waals surface area (Å²) in [4.78, 5) is 58.8. The van der Waals surface area contributed by atoms with Crippen LogP contribution < -0.4 is 21.7 Å². The molecule has 0 aromatic carbocycles. The summed E-state index contributed by atoms with van der Waals surface area (Å²) in [6.07, 6.45) is 0.440. The van der Waals surface area contributed by atoms with E-state index in [0.29, 0.717) is 12.8 Å². The monoisotopic (exact) mass is 416 g/mol. The first-order valence-corrected chi connectivity index (χ1v) is 9.52. The largest absolute Gasteiger partial charge is 0.481 e. The summed E-state index contributed by atoms with van der Waals surface area (Å²) in [6.45, 7) is 6.48. The minimum atomic E-state index is -1.49. The van der Waals surface area contributed by atoms with Gasteiger partial charge in [0.2, 0.25) is 17.7 Å². The Labute approximate surface area is 169 Å². The maximum absolute atomic E-state index is 12.7. The van der Waals surface area contributed by atoms with Crippen LogP contribution in [0.4, 0.5) is 0 Å². The average molecular weight is 416 g/mol. The topological polar surface area (TPSA) is 188 Å². The van der Waals surface area contributed by atoms with Gasteiger partial charge in [0.05, 0.1) is 12.5 Å². The molecule has 0 aromatic rings. The Morgan fingerprint density at radius 3 is 1.83 bits per heavy atom. The van der Waals surface area contributed by atoms with Crippen LogP contribution in [-0.4, -0.2) is 64.5 Å². The Balaban J connectivity index is 5.37. The van der Waals surface area contributed by atoms with Crippen molar-refractivity contribution in [2.45, 2.75) is 65.1 Å². The minimum absolute atomic E-state index is 0.114. The molecule has 11 heteroatoms. The van der Waals surface area contributed by atoms with Gasteiger partial charge >= 0.3 is 11.9 Å². The number of hydrogen-bond acceptors (Lipinski definition) is 6. The molecule has 0 aliphatic rings. The molecular formula is C18H32N4O7. The van der Waals surface area contributed by atoms with Crippen LogP contribution in [0.15, 0.2) is 0 Å². The molecule has 29 heavy (non-hydrogen) atoms. The lowest BCUT2D eigenvalue weighted by Crippen LogP contribution is -2.58. The molecule has 0 aliphatic heterocycles. The van der Waals surface area contributed by atoms with E-state index in [1.165, 1.54) is 0 Å². The van der Waals surface area contributed by atoms with Gasteiger partial charge in [-0.2, -0.15) is 0 Å². The standard InChI is InChI=1S/C18H32N4O7/c1-5-9(3)14(19)17(28)22-15(10(4)6-2)18(29)21-11(7-12(23)24)16(27)20-8-13(25)26/h9-11,14-15H,5-8,19H2,1-4H3,(H,20,27)(H,21,29)(H,22,28)(H,23,24)(H,25,26). The van der Waals surface area contributed by atoms with Crippen LogP contribution in [0.25, 0.3) is 0 Å². The number of hydrogen-bond donors (Lipinski definition) is 6. The number of carbonyl (C=O) groups is 5. The van der Waals surface area contributed by atoms with Gasteiger partial charge in [0, 0.05) is 0 Å². The van der Waals surface area contributed by atoms with Crippen molar-refractivity contribution in [3.05, 3.63) is 0 Å². The fraction of sp³-hybridized carbons (Fsp3) is 0.722. The van der Waals surface area contributed by atoms with E-state index in [-0.39, 0.29) is 11.8 Å². The molecule has 0 bridgehead atoms. The van der Waals surface area contributed by atoms with Crippen molar-refractivity contribution in [2.75, 3.05) is 6.54 Å². The van der Waals surface area contributed by atoms with E-state index >= 15 is 0 Å². The van der Waals surface area contributed by atoms with Crippen molar-refractivity contribution in [1.82, 2.24) is 16.0 Å². The second kappa shape index (κ2) is 12.7. The van der Waals surface area contributed by atoms with Crippen molar-refractivity contribution < 1.29 is 34.2 Å². The Kier molecular flexibility index (Phi) is 11.5. The summed E-state index contributed by atoms with van der Waals surface area (Å²) >= 11 is 0. The number of nitrogens with one attached hydrogen (secondary N) is 3. The predicted molar refractivity (Wildman–Crippen MR) is 104 cm³/mol. The van der Waals surface area contributed by atoms with Crippen LogP contribution in [0.5, 0.6) is 0 Å². The molecule has 5 atom stereocenters. The van der Waals surface area contributed by atoms with Gasteiger partial charge in [-0.25, -0.2) is 0 Å². The second-order valence-electron chi connectivity index (χ2n) is 7.05. The van der Waals surface area contributed by atoms with Crippen LogP contribution in [0.2, 0.25) is 0 Å². The first-order valence-electron chi connectivity index (χ1n) is 9.52. The average Bonchev–Trinajstić information content (AvgIpc) is 2.66. The maximum Gasteiger partial charge on any atom is 0.322 e. The van der Waals surface area contributed by atoms with Crippen LogP contribution in [-0.2, 0) is 24.0 Å². The fourth-order valence-electron chi connectivity index (χ4n) is 2.40. The normalized spacial score (nSPS) is 15.9. The van der Waals surface area contributed by atoms with Gasteiger partial charge in [0.1, 0.15) is 18.6 Å². The highest BCUT2D eigenvalue weighted by Gasteiger charge is 2.32. The summed E-state index contributed by atoms with van der Waals surface area (Å²) in [5, 5.41) is 24.5. The number of amides is 3. The zero-order chi connectivity index (χ0) is 22.7. The lowest BCUT2D eigenvalue weighted by Gasteiger charge is -2.28. The molecular weight excluding hydrogens is 384 g/mol. The zero-order valence-corrected chi connectivity index (χ0v) is 17.2. The molecule has 0 saturated carbocycles.